The predicted molar refractivity (Wildman–Crippen MR) is 82.8 cm³/mol. The molecule has 20 heavy (non-hydrogen) atoms. The van der Waals surface area contributed by atoms with Gasteiger partial charge < -0.3 is 10.1 Å². The maximum atomic E-state index is 13.2. The minimum Gasteiger partial charge on any atom is -0.383 e. The first-order chi connectivity index (χ1) is 9.39. The van der Waals surface area contributed by atoms with Gasteiger partial charge in [0.05, 0.1) is 11.6 Å². The third-order valence-electron chi connectivity index (χ3n) is 4.00. The van der Waals surface area contributed by atoms with Gasteiger partial charge in [0, 0.05) is 20.2 Å². The van der Waals surface area contributed by atoms with Crippen molar-refractivity contribution in [2.24, 2.45) is 11.3 Å². The summed E-state index contributed by atoms with van der Waals surface area (Å²) in [5, 5.41) is 3.62. The fourth-order valence-electron chi connectivity index (χ4n) is 2.13. The summed E-state index contributed by atoms with van der Waals surface area (Å²) in [6.45, 7) is 9.10. The predicted octanol–water partition coefficient (Wildman–Crippen LogP) is 3.92. The lowest BCUT2D eigenvalue weighted by Crippen LogP contribution is -2.39. The Labute approximate surface area is 126 Å². The molecule has 1 atom stereocenters. The summed E-state index contributed by atoms with van der Waals surface area (Å²) in [6, 6.07) is 4.99. The average molecular weight is 302 g/mol. The van der Waals surface area contributed by atoms with E-state index in [0.29, 0.717) is 12.5 Å². The number of halogens is 2. The van der Waals surface area contributed by atoms with Crippen molar-refractivity contribution in [3.63, 3.8) is 0 Å². The molecule has 0 aliphatic rings. The van der Waals surface area contributed by atoms with Crippen LogP contribution in [-0.4, -0.2) is 26.8 Å². The molecule has 1 aromatic rings. The van der Waals surface area contributed by atoms with E-state index in [1.165, 1.54) is 6.07 Å². The van der Waals surface area contributed by atoms with Crippen LogP contribution in [0.15, 0.2) is 18.2 Å². The zero-order valence-corrected chi connectivity index (χ0v) is 13.6. The quantitative estimate of drug-likeness (QED) is 0.735. The third kappa shape index (κ3) is 5.04. The summed E-state index contributed by atoms with van der Waals surface area (Å²) in [5.41, 5.74) is 1.16. The summed E-state index contributed by atoms with van der Waals surface area (Å²) >= 11 is 5.86. The van der Waals surface area contributed by atoms with Gasteiger partial charge >= 0.3 is 0 Å². The highest BCUT2D eigenvalue weighted by atomic mass is 35.5. The summed E-state index contributed by atoms with van der Waals surface area (Å²) in [5.74, 6) is 0.140. The molecule has 0 fully saturated rings. The first-order valence-corrected chi connectivity index (χ1v) is 7.40. The Hall–Kier alpha value is -0.640. The number of nitrogens with one attached hydrogen (secondary N) is 1. The molecule has 1 N–H and O–H groups in total. The van der Waals surface area contributed by atoms with Crippen LogP contribution in [0.3, 0.4) is 0 Å². The second kappa shape index (κ2) is 7.96. The van der Waals surface area contributed by atoms with Gasteiger partial charge in [0.15, 0.2) is 0 Å². The van der Waals surface area contributed by atoms with Crippen molar-refractivity contribution in [2.45, 2.75) is 27.2 Å². The maximum Gasteiger partial charge on any atom is 0.141 e. The van der Waals surface area contributed by atoms with Crippen LogP contribution in [0.5, 0.6) is 0 Å². The molecule has 1 rings (SSSR count). The molecule has 114 valence electrons. The van der Waals surface area contributed by atoms with Crippen molar-refractivity contribution in [3.05, 3.63) is 34.6 Å². The molecule has 0 aliphatic heterocycles. The zero-order chi connectivity index (χ0) is 15.2. The molecular formula is C16H25ClFNO. The fourth-order valence-corrected chi connectivity index (χ4v) is 2.34. The lowest BCUT2D eigenvalue weighted by Gasteiger charge is -2.34. The highest BCUT2D eigenvalue weighted by Crippen LogP contribution is 2.31. The van der Waals surface area contributed by atoms with Crippen LogP contribution in [0.4, 0.5) is 4.39 Å². The van der Waals surface area contributed by atoms with Crippen molar-refractivity contribution in [1.82, 2.24) is 5.32 Å². The van der Waals surface area contributed by atoms with Gasteiger partial charge in [0.25, 0.3) is 0 Å². The smallest absolute Gasteiger partial charge is 0.141 e. The van der Waals surface area contributed by atoms with Crippen LogP contribution >= 0.6 is 11.6 Å². The Bertz CT molecular complexity index is 425. The Kier molecular flexibility index (Phi) is 6.93. The molecule has 0 amide bonds. The van der Waals surface area contributed by atoms with E-state index in [4.69, 9.17) is 16.3 Å². The van der Waals surface area contributed by atoms with Gasteiger partial charge in [-0.25, -0.2) is 4.39 Å². The average Bonchev–Trinajstić information content (AvgIpc) is 2.39. The van der Waals surface area contributed by atoms with E-state index >= 15 is 0 Å². The van der Waals surface area contributed by atoms with Crippen LogP contribution in [0.1, 0.15) is 26.3 Å². The molecule has 0 saturated heterocycles. The van der Waals surface area contributed by atoms with E-state index in [1.807, 2.05) is 6.07 Å². The molecule has 0 saturated carbocycles. The van der Waals surface area contributed by atoms with E-state index in [2.05, 4.69) is 26.1 Å². The van der Waals surface area contributed by atoms with Gasteiger partial charge in [-0.05, 0) is 35.4 Å². The van der Waals surface area contributed by atoms with E-state index in [0.717, 1.165) is 25.1 Å². The molecule has 0 radical (unpaired) electrons. The van der Waals surface area contributed by atoms with Gasteiger partial charge in [-0.1, -0.05) is 38.4 Å². The SMILES string of the molecule is COCCNCC(C)(Cc1ccc(F)c(Cl)c1)C(C)C. The number of ether oxygens (including phenoxy) is 1. The Morgan fingerprint density at radius 3 is 2.65 bits per heavy atom. The van der Waals surface area contributed by atoms with Gasteiger partial charge in [-0.2, -0.15) is 0 Å². The Morgan fingerprint density at radius 1 is 1.40 bits per heavy atom. The maximum absolute atomic E-state index is 13.2. The van der Waals surface area contributed by atoms with Crippen molar-refractivity contribution < 1.29 is 9.13 Å². The molecule has 0 spiro atoms. The summed E-state index contributed by atoms with van der Waals surface area (Å²) in [7, 11) is 1.70. The topological polar surface area (TPSA) is 21.3 Å². The van der Waals surface area contributed by atoms with Crippen molar-refractivity contribution in [2.75, 3.05) is 26.8 Å². The molecule has 4 heteroatoms. The molecule has 2 nitrogen and oxygen atoms in total. The highest BCUT2D eigenvalue weighted by Gasteiger charge is 2.28. The van der Waals surface area contributed by atoms with E-state index in [-0.39, 0.29) is 16.3 Å². The minimum absolute atomic E-state index is 0.0922. The Morgan fingerprint density at radius 2 is 2.10 bits per heavy atom. The minimum atomic E-state index is -0.361. The second-order valence-corrected chi connectivity index (χ2v) is 6.31. The summed E-state index contributed by atoms with van der Waals surface area (Å²) in [6.07, 6.45) is 0.866. The number of hydrogen-bond donors (Lipinski definition) is 1. The van der Waals surface area contributed by atoms with Crippen molar-refractivity contribution in [1.29, 1.82) is 0 Å². The van der Waals surface area contributed by atoms with Crippen molar-refractivity contribution in [3.8, 4) is 0 Å². The zero-order valence-electron chi connectivity index (χ0n) is 12.8. The monoisotopic (exact) mass is 301 g/mol. The summed E-state index contributed by atoms with van der Waals surface area (Å²) in [4.78, 5) is 0. The van der Waals surface area contributed by atoms with Gasteiger partial charge in [0.1, 0.15) is 5.82 Å². The van der Waals surface area contributed by atoms with Crippen LogP contribution in [-0.2, 0) is 11.2 Å². The van der Waals surface area contributed by atoms with Crippen molar-refractivity contribution >= 4 is 11.6 Å². The standard InChI is InChI=1S/C16H25ClFNO/c1-12(2)16(3,11-19-7-8-20-4)10-13-5-6-15(18)14(17)9-13/h5-6,9,12,19H,7-8,10-11H2,1-4H3. The first kappa shape index (κ1) is 17.4. The largest absolute Gasteiger partial charge is 0.383 e. The van der Waals surface area contributed by atoms with E-state index in [9.17, 15) is 4.39 Å². The van der Waals surface area contributed by atoms with Crippen LogP contribution in [0.25, 0.3) is 0 Å². The van der Waals surface area contributed by atoms with Crippen LogP contribution in [0.2, 0.25) is 5.02 Å². The third-order valence-corrected chi connectivity index (χ3v) is 4.29. The Balaban J connectivity index is 2.72. The van der Waals surface area contributed by atoms with E-state index in [1.54, 1.807) is 13.2 Å². The highest BCUT2D eigenvalue weighted by molar-refractivity contribution is 6.30. The number of methoxy groups -OCH3 is 1. The fraction of sp³-hybridized carbons (Fsp3) is 0.625. The molecule has 0 heterocycles. The van der Waals surface area contributed by atoms with Gasteiger partial charge in [-0.15, -0.1) is 0 Å². The molecule has 1 unspecified atom stereocenters. The lowest BCUT2D eigenvalue weighted by molar-refractivity contribution is 0.175. The van der Waals surface area contributed by atoms with Crippen LogP contribution < -0.4 is 5.32 Å². The summed E-state index contributed by atoms with van der Waals surface area (Å²) < 4.78 is 18.3. The second-order valence-electron chi connectivity index (χ2n) is 5.90. The molecule has 0 aliphatic carbocycles. The first-order valence-electron chi connectivity index (χ1n) is 7.02. The molecule has 0 aromatic heterocycles. The molecule has 0 bridgehead atoms. The normalized spacial score (nSPS) is 14.6. The number of benzene rings is 1. The molecule has 1 aromatic carbocycles. The number of rotatable bonds is 8. The number of hydrogen-bond acceptors (Lipinski definition) is 2. The van der Waals surface area contributed by atoms with Gasteiger partial charge in [0.2, 0.25) is 0 Å². The van der Waals surface area contributed by atoms with Crippen LogP contribution in [0, 0.1) is 17.2 Å². The van der Waals surface area contributed by atoms with E-state index < -0.39 is 0 Å². The van der Waals surface area contributed by atoms with Gasteiger partial charge in [-0.3, -0.25) is 0 Å². The molecular weight excluding hydrogens is 277 g/mol. The lowest BCUT2D eigenvalue weighted by atomic mass is 9.74.